The Bertz CT molecular complexity index is 853. The van der Waals surface area contributed by atoms with E-state index in [2.05, 4.69) is 4.99 Å². The van der Waals surface area contributed by atoms with Gasteiger partial charge >= 0.3 is 0 Å². The zero-order chi connectivity index (χ0) is 18.0. The summed E-state index contributed by atoms with van der Waals surface area (Å²) < 4.78 is 5.84. The van der Waals surface area contributed by atoms with Gasteiger partial charge in [0.2, 0.25) is 0 Å². The number of thioether (sulfide) groups is 1. The zero-order valence-electron chi connectivity index (χ0n) is 13.8. The van der Waals surface area contributed by atoms with Gasteiger partial charge in [0.1, 0.15) is 11.5 Å². The van der Waals surface area contributed by atoms with Crippen LogP contribution in [0.25, 0.3) is 17.4 Å². The largest absolute Gasteiger partial charge is 0.457 e. The molecule has 0 atom stereocenters. The second kappa shape index (κ2) is 7.68. The van der Waals surface area contributed by atoms with Gasteiger partial charge in [-0.15, -0.1) is 0 Å². The Labute approximate surface area is 160 Å². The number of hydrogen-bond donors (Lipinski definition) is 0. The van der Waals surface area contributed by atoms with Crippen LogP contribution in [0.4, 0.5) is 0 Å². The molecule has 0 unspecified atom stereocenters. The van der Waals surface area contributed by atoms with Crippen LogP contribution in [0.2, 0.25) is 10.0 Å². The summed E-state index contributed by atoms with van der Waals surface area (Å²) in [5.41, 5.74) is 0.643. The Hall–Kier alpha value is -1.69. The molecule has 1 aliphatic rings. The van der Waals surface area contributed by atoms with E-state index in [0.29, 0.717) is 45.1 Å². The smallest absolute Gasteiger partial charge is 0.266 e. The van der Waals surface area contributed by atoms with Gasteiger partial charge in [0, 0.05) is 19.2 Å². The maximum Gasteiger partial charge on any atom is 0.266 e. The van der Waals surface area contributed by atoms with Crippen molar-refractivity contribution in [3.8, 4) is 11.3 Å². The van der Waals surface area contributed by atoms with E-state index in [0.717, 1.165) is 5.17 Å². The number of aliphatic imine (C=N–C) groups is 1. The van der Waals surface area contributed by atoms with Crippen LogP contribution in [0.5, 0.6) is 0 Å². The van der Waals surface area contributed by atoms with E-state index >= 15 is 0 Å². The minimum Gasteiger partial charge on any atom is -0.457 e. The lowest BCUT2D eigenvalue weighted by Gasteiger charge is -2.11. The van der Waals surface area contributed by atoms with Crippen LogP contribution >= 0.6 is 35.0 Å². The third kappa shape index (κ3) is 3.64. The highest BCUT2D eigenvalue weighted by atomic mass is 35.5. The fourth-order valence-electron chi connectivity index (χ4n) is 2.47. The lowest BCUT2D eigenvalue weighted by molar-refractivity contribution is -0.122. The zero-order valence-corrected chi connectivity index (χ0v) is 16.1. The normalized spacial score (nSPS) is 17.9. The maximum atomic E-state index is 12.5. The molecule has 4 nitrogen and oxygen atoms in total. The van der Waals surface area contributed by atoms with Crippen LogP contribution in [0.15, 0.2) is 44.6 Å². The van der Waals surface area contributed by atoms with Crippen LogP contribution in [-0.2, 0) is 4.79 Å². The summed E-state index contributed by atoms with van der Waals surface area (Å²) in [6.07, 6.45) is 1.72. The fraction of sp³-hybridized carbons (Fsp3) is 0.222. The highest BCUT2D eigenvalue weighted by molar-refractivity contribution is 8.18. The quantitative estimate of drug-likeness (QED) is 0.637. The number of nitrogens with zero attached hydrogens (tertiary/aromatic N) is 2. The van der Waals surface area contributed by atoms with E-state index in [9.17, 15) is 4.79 Å². The summed E-state index contributed by atoms with van der Waals surface area (Å²) in [4.78, 5) is 19.1. The fourth-order valence-corrected chi connectivity index (χ4v) is 4.14. The molecular weight excluding hydrogens is 379 g/mol. The summed E-state index contributed by atoms with van der Waals surface area (Å²) in [7, 11) is 0. The molecule has 7 heteroatoms. The van der Waals surface area contributed by atoms with Crippen LogP contribution in [0.1, 0.15) is 19.6 Å². The minimum absolute atomic E-state index is 0.0616. The van der Waals surface area contributed by atoms with Gasteiger partial charge in [-0.05, 0) is 49.9 Å². The third-order valence-corrected chi connectivity index (χ3v) is 5.28. The summed E-state index contributed by atoms with van der Waals surface area (Å²) >= 11 is 13.8. The molecule has 1 amide bonds. The summed E-state index contributed by atoms with van der Waals surface area (Å²) in [6, 6.07) is 8.88. The molecule has 2 aromatic rings. The molecule has 0 N–H and O–H groups in total. The standard InChI is InChI=1S/C18H16Cl2N2O2S/c1-3-21-18-22(4-2)17(23)15(25-18)10-11-8-9-14(24-11)16-12(19)6-5-7-13(16)20/h5-10H,3-4H2,1-2H3. The highest BCUT2D eigenvalue weighted by Crippen LogP contribution is 2.37. The molecule has 2 heterocycles. The number of benzene rings is 1. The van der Waals surface area contributed by atoms with E-state index < -0.39 is 0 Å². The van der Waals surface area contributed by atoms with Gasteiger partial charge in [-0.3, -0.25) is 14.7 Å². The first-order valence-corrected chi connectivity index (χ1v) is 9.42. The lowest BCUT2D eigenvalue weighted by atomic mass is 10.2. The number of carbonyl (C=O) groups is 1. The second-order valence-electron chi connectivity index (χ2n) is 5.22. The summed E-state index contributed by atoms with van der Waals surface area (Å²) in [5, 5.41) is 1.76. The van der Waals surface area contributed by atoms with Gasteiger partial charge in [-0.2, -0.15) is 0 Å². The first-order chi connectivity index (χ1) is 12.0. The molecule has 1 aromatic heterocycles. The third-order valence-electron chi connectivity index (χ3n) is 3.61. The van der Waals surface area contributed by atoms with Gasteiger partial charge in [-0.1, -0.05) is 29.3 Å². The van der Waals surface area contributed by atoms with Gasteiger partial charge in [0.25, 0.3) is 5.91 Å². The molecular formula is C18H16Cl2N2O2S. The molecule has 0 aliphatic carbocycles. The minimum atomic E-state index is -0.0616. The number of furan rings is 1. The van der Waals surface area contributed by atoms with Gasteiger partial charge in [0.15, 0.2) is 5.17 Å². The van der Waals surface area contributed by atoms with E-state index in [4.69, 9.17) is 27.6 Å². The van der Waals surface area contributed by atoms with Crippen molar-refractivity contribution < 1.29 is 9.21 Å². The molecule has 0 spiro atoms. The molecule has 0 radical (unpaired) electrons. The molecule has 130 valence electrons. The number of rotatable bonds is 4. The van der Waals surface area contributed by atoms with Crippen molar-refractivity contribution in [1.82, 2.24) is 4.90 Å². The molecule has 1 saturated heterocycles. The number of carbonyl (C=O) groups excluding carboxylic acids is 1. The number of likely N-dealkylation sites (N-methyl/N-ethyl adjacent to an activating group) is 1. The van der Waals surface area contributed by atoms with Crippen LogP contribution in [-0.4, -0.2) is 29.1 Å². The van der Waals surface area contributed by atoms with Crippen molar-refractivity contribution in [3.05, 3.63) is 51.0 Å². The average molecular weight is 395 g/mol. The molecule has 3 rings (SSSR count). The number of hydrogen-bond acceptors (Lipinski definition) is 4. The molecule has 1 aromatic carbocycles. The maximum absolute atomic E-state index is 12.5. The number of amides is 1. The Morgan fingerprint density at radius 1 is 1.20 bits per heavy atom. The Morgan fingerprint density at radius 2 is 1.92 bits per heavy atom. The van der Waals surface area contributed by atoms with Gasteiger partial charge in [-0.25, -0.2) is 0 Å². The first-order valence-electron chi connectivity index (χ1n) is 7.85. The lowest BCUT2D eigenvalue weighted by Crippen LogP contribution is -2.28. The predicted molar refractivity (Wildman–Crippen MR) is 105 cm³/mol. The van der Waals surface area contributed by atoms with Crippen LogP contribution < -0.4 is 0 Å². The number of amidine groups is 1. The Kier molecular flexibility index (Phi) is 5.57. The second-order valence-corrected chi connectivity index (χ2v) is 7.04. The SMILES string of the molecule is CCN=C1SC(=Cc2ccc(-c3c(Cl)cccc3Cl)o2)C(=O)N1CC. The Morgan fingerprint density at radius 3 is 2.56 bits per heavy atom. The molecule has 1 fully saturated rings. The monoisotopic (exact) mass is 394 g/mol. The summed E-state index contributed by atoms with van der Waals surface area (Å²) in [5.74, 6) is 1.07. The van der Waals surface area contributed by atoms with Crippen LogP contribution in [0.3, 0.4) is 0 Å². The Balaban J connectivity index is 1.92. The summed E-state index contributed by atoms with van der Waals surface area (Å²) in [6.45, 7) is 5.09. The van der Waals surface area contributed by atoms with Crippen molar-refractivity contribution in [2.45, 2.75) is 13.8 Å². The first kappa shape index (κ1) is 18.1. The molecule has 25 heavy (non-hydrogen) atoms. The van der Waals surface area contributed by atoms with Crippen molar-refractivity contribution in [2.24, 2.45) is 4.99 Å². The van der Waals surface area contributed by atoms with Crippen LogP contribution in [0, 0.1) is 0 Å². The molecule has 0 saturated carbocycles. The van der Waals surface area contributed by atoms with Crippen molar-refractivity contribution in [1.29, 1.82) is 0 Å². The predicted octanol–water partition coefficient (Wildman–Crippen LogP) is 5.57. The average Bonchev–Trinajstić information content (AvgIpc) is 3.13. The van der Waals surface area contributed by atoms with E-state index in [1.807, 2.05) is 13.8 Å². The van der Waals surface area contributed by atoms with Crippen molar-refractivity contribution in [2.75, 3.05) is 13.1 Å². The van der Waals surface area contributed by atoms with Crippen molar-refractivity contribution in [3.63, 3.8) is 0 Å². The van der Waals surface area contributed by atoms with Crippen molar-refractivity contribution >= 4 is 52.1 Å². The number of halogens is 2. The topological polar surface area (TPSA) is 45.8 Å². The van der Waals surface area contributed by atoms with Gasteiger partial charge in [0.05, 0.1) is 20.5 Å². The van der Waals surface area contributed by atoms with E-state index in [1.165, 1.54) is 11.8 Å². The van der Waals surface area contributed by atoms with E-state index in [1.54, 1.807) is 41.3 Å². The van der Waals surface area contributed by atoms with Gasteiger partial charge < -0.3 is 4.42 Å². The molecule has 0 bridgehead atoms. The molecule has 1 aliphatic heterocycles. The van der Waals surface area contributed by atoms with E-state index in [-0.39, 0.29) is 5.91 Å². The highest BCUT2D eigenvalue weighted by Gasteiger charge is 2.32.